The highest BCUT2D eigenvalue weighted by atomic mass is 32.1. The van der Waals surface area contributed by atoms with Crippen LogP contribution in [0.5, 0.6) is 0 Å². The lowest BCUT2D eigenvalue weighted by Gasteiger charge is -2.14. The highest BCUT2D eigenvalue weighted by Gasteiger charge is 2.21. The van der Waals surface area contributed by atoms with Crippen molar-refractivity contribution in [2.45, 2.75) is 34.1 Å². The van der Waals surface area contributed by atoms with Crippen LogP contribution in [0, 0.1) is 12.3 Å². The quantitative estimate of drug-likeness (QED) is 0.729. The van der Waals surface area contributed by atoms with Crippen LogP contribution in [-0.2, 0) is 11.2 Å². The van der Waals surface area contributed by atoms with Crippen LogP contribution in [0.2, 0.25) is 0 Å². The third kappa shape index (κ3) is 2.92. The van der Waals surface area contributed by atoms with Crippen LogP contribution < -0.4 is 0 Å². The Morgan fingerprint density at radius 3 is 2.54 bits per heavy atom. The number of carbonyl (C=O) groups is 1. The van der Waals surface area contributed by atoms with Gasteiger partial charge in [-0.15, -0.1) is 11.3 Å². The lowest BCUT2D eigenvalue weighted by Crippen LogP contribution is -2.21. The van der Waals surface area contributed by atoms with E-state index in [1.165, 1.54) is 0 Å². The van der Waals surface area contributed by atoms with E-state index in [0.717, 1.165) is 10.7 Å². The SMILES string of the molecule is Cc1csc(CC(=O)C(C)(C)C)n1. The number of hydrogen-bond acceptors (Lipinski definition) is 3. The van der Waals surface area contributed by atoms with Gasteiger partial charge in [-0.1, -0.05) is 20.8 Å². The van der Waals surface area contributed by atoms with Gasteiger partial charge in [0.15, 0.2) is 0 Å². The molecule has 0 unspecified atom stereocenters. The molecular formula is C10H15NOS. The van der Waals surface area contributed by atoms with Gasteiger partial charge in [-0.3, -0.25) is 4.79 Å². The molecule has 0 bridgehead atoms. The minimum absolute atomic E-state index is 0.250. The molecule has 3 heteroatoms. The molecule has 0 aliphatic heterocycles. The van der Waals surface area contributed by atoms with Crippen LogP contribution in [0.3, 0.4) is 0 Å². The van der Waals surface area contributed by atoms with E-state index >= 15 is 0 Å². The average Bonchev–Trinajstić information content (AvgIpc) is 2.33. The van der Waals surface area contributed by atoms with Crippen LogP contribution in [-0.4, -0.2) is 10.8 Å². The Balaban J connectivity index is 2.65. The molecule has 0 saturated heterocycles. The third-order valence-electron chi connectivity index (χ3n) is 1.81. The van der Waals surface area contributed by atoms with Crippen LogP contribution >= 0.6 is 11.3 Å². The number of aromatic nitrogens is 1. The number of hydrogen-bond donors (Lipinski definition) is 0. The molecule has 2 nitrogen and oxygen atoms in total. The first-order chi connectivity index (χ1) is 5.89. The lowest BCUT2D eigenvalue weighted by atomic mass is 9.89. The zero-order valence-corrected chi connectivity index (χ0v) is 9.36. The van der Waals surface area contributed by atoms with E-state index in [1.54, 1.807) is 11.3 Å². The molecule has 0 aliphatic carbocycles. The number of aryl methyl sites for hydroxylation is 1. The Morgan fingerprint density at radius 1 is 1.54 bits per heavy atom. The number of nitrogens with zero attached hydrogens (tertiary/aromatic N) is 1. The molecular weight excluding hydrogens is 182 g/mol. The first-order valence-corrected chi connectivity index (χ1v) is 5.22. The van der Waals surface area contributed by atoms with Crippen molar-refractivity contribution >= 4 is 17.1 Å². The maximum absolute atomic E-state index is 11.6. The number of carbonyl (C=O) groups excluding carboxylic acids is 1. The van der Waals surface area contributed by atoms with Crippen LogP contribution in [0.25, 0.3) is 0 Å². The highest BCUT2D eigenvalue weighted by Crippen LogP contribution is 2.19. The van der Waals surface area contributed by atoms with E-state index in [-0.39, 0.29) is 11.2 Å². The van der Waals surface area contributed by atoms with Gasteiger partial charge < -0.3 is 0 Å². The molecule has 0 fully saturated rings. The van der Waals surface area contributed by atoms with Gasteiger partial charge in [-0.05, 0) is 6.92 Å². The predicted octanol–water partition coefficient (Wildman–Crippen LogP) is 2.61. The molecule has 0 N–H and O–H groups in total. The van der Waals surface area contributed by atoms with Gasteiger partial charge in [0.25, 0.3) is 0 Å². The van der Waals surface area contributed by atoms with Crippen LogP contribution in [0.4, 0.5) is 0 Å². The molecule has 0 amide bonds. The van der Waals surface area contributed by atoms with Gasteiger partial charge in [-0.25, -0.2) is 4.98 Å². The van der Waals surface area contributed by atoms with E-state index in [1.807, 2.05) is 33.1 Å². The summed E-state index contributed by atoms with van der Waals surface area (Å²) < 4.78 is 0. The predicted molar refractivity (Wildman–Crippen MR) is 55.0 cm³/mol. The minimum Gasteiger partial charge on any atom is -0.299 e. The molecule has 1 heterocycles. The fourth-order valence-corrected chi connectivity index (χ4v) is 1.66. The molecule has 1 rings (SSSR count). The molecule has 72 valence electrons. The van der Waals surface area contributed by atoms with E-state index in [2.05, 4.69) is 4.98 Å². The summed E-state index contributed by atoms with van der Waals surface area (Å²) in [6.45, 7) is 7.77. The molecule has 1 aromatic heterocycles. The highest BCUT2D eigenvalue weighted by molar-refractivity contribution is 7.09. The van der Waals surface area contributed by atoms with Crippen molar-refractivity contribution in [3.63, 3.8) is 0 Å². The average molecular weight is 197 g/mol. The maximum Gasteiger partial charge on any atom is 0.144 e. The van der Waals surface area contributed by atoms with E-state index in [9.17, 15) is 4.79 Å². The Morgan fingerprint density at radius 2 is 2.15 bits per heavy atom. The lowest BCUT2D eigenvalue weighted by molar-refractivity contribution is -0.125. The topological polar surface area (TPSA) is 30.0 Å². The monoisotopic (exact) mass is 197 g/mol. The molecule has 0 spiro atoms. The normalized spacial score (nSPS) is 11.7. The number of thiazole rings is 1. The second-order valence-corrected chi connectivity index (χ2v) is 5.18. The van der Waals surface area contributed by atoms with E-state index in [0.29, 0.717) is 6.42 Å². The summed E-state index contributed by atoms with van der Waals surface area (Å²) >= 11 is 1.56. The zero-order valence-electron chi connectivity index (χ0n) is 8.55. The first kappa shape index (κ1) is 10.4. The summed E-state index contributed by atoms with van der Waals surface area (Å²) in [5.74, 6) is 0.252. The van der Waals surface area contributed by atoms with Crippen molar-refractivity contribution in [2.75, 3.05) is 0 Å². The zero-order chi connectivity index (χ0) is 10.1. The van der Waals surface area contributed by atoms with Gasteiger partial charge in [0.2, 0.25) is 0 Å². The summed E-state index contributed by atoms with van der Waals surface area (Å²) in [5.41, 5.74) is 0.751. The molecule has 0 atom stereocenters. The fourth-order valence-electron chi connectivity index (χ4n) is 0.886. The third-order valence-corrected chi connectivity index (χ3v) is 2.78. The van der Waals surface area contributed by atoms with Gasteiger partial charge >= 0.3 is 0 Å². The summed E-state index contributed by atoms with van der Waals surface area (Å²) in [7, 11) is 0. The van der Waals surface area contributed by atoms with Crippen LogP contribution in [0.15, 0.2) is 5.38 Å². The second kappa shape index (κ2) is 3.58. The molecule has 0 aromatic carbocycles. The van der Waals surface area contributed by atoms with Crippen molar-refractivity contribution in [3.05, 3.63) is 16.1 Å². The molecule has 0 radical (unpaired) electrons. The molecule has 0 aliphatic rings. The Labute approximate surface area is 83.0 Å². The second-order valence-electron chi connectivity index (χ2n) is 4.23. The summed E-state index contributed by atoms with van der Waals surface area (Å²) in [5, 5.41) is 2.91. The molecule has 13 heavy (non-hydrogen) atoms. The first-order valence-electron chi connectivity index (χ1n) is 4.34. The minimum atomic E-state index is -0.250. The van der Waals surface area contributed by atoms with Gasteiger partial charge in [0, 0.05) is 16.5 Å². The van der Waals surface area contributed by atoms with Crippen molar-refractivity contribution in [3.8, 4) is 0 Å². The smallest absolute Gasteiger partial charge is 0.144 e. The molecule has 1 aromatic rings. The largest absolute Gasteiger partial charge is 0.299 e. The van der Waals surface area contributed by atoms with Crippen molar-refractivity contribution < 1.29 is 4.79 Å². The molecule has 0 saturated carbocycles. The van der Waals surface area contributed by atoms with Crippen molar-refractivity contribution in [1.29, 1.82) is 0 Å². The summed E-state index contributed by atoms with van der Waals surface area (Å²) in [4.78, 5) is 15.9. The van der Waals surface area contributed by atoms with E-state index < -0.39 is 0 Å². The summed E-state index contributed by atoms with van der Waals surface area (Å²) in [6.07, 6.45) is 0.474. The fraction of sp³-hybridized carbons (Fsp3) is 0.600. The van der Waals surface area contributed by atoms with Crippen molar-refractivity contribution in [1.82, 2.24) is 4.98 Å². The van der Waals surface area contributed by atoms with Gasteiger partial charge in [0.1, 0.15) is 10.8 Å². The Hall–Kier alpha value is -0.700. The van der Waals surface area contributed by atoms with Gasteiger partial charge in [0.05, 0.1) is 6.42 Å². The van der Waals surface area contributed by atoms with Gasteiger partial charge in [-0.2, -0.15) is 0 Å². The van der Waals surface area contributed by atoms with Crippen LogP contribution in [0.1, 0.15) is 31.5 Å². The Kier molecular flexibility index (Phi) is 2.86. The van der Waals surface area contributed by atoms with Crippen molar-refractivity contribution in [2.24, 2.45) is 5.41 Å². The number of ketones is 1. The number of Topliss-reactive ketones (excluding diaryl/α,β-unsaturated/α-hetero) is 1. The maximum atomic E-state index is 11.6. The Bertz CT molecular complexity index is 309. The van der Waals surface area contributed by atoms with E-state index in [4.69, 9.17) is 0 Å². The standard InChI is InChI=1S/C10H15NOS/c1-7-6-13-9(11-7)5-8(12)10(2,3)4/h6H,5H2,1-4H3. The number of rotatable bonds is 2. The summed E-state index contributed by atoms with van der Waals surface area (Å²) in [6, 6.07) is 0.